The fourth-order valence-electron chi connectivity index (χ4n) is 2.83. The highest BCUT2D eigenvalue weighted by atomic mass is 79.9. The molecule has 0 atom stereocenters. The standard InChI is InChI=1S/C18H18BrN5O3/c1-4-24-14-6-5-11(7-13(14)20-10(2)18(24)27)16(25)21-22-17(26)15-8-12(19)9-23(15)3/h5-9H,4H2,1-3H3,(H,21,25)(H,22,26). The molecule has 0 spiro atoms. The van der Waals surface area contributed by atoms with Gasteiger partial charge in [0.05, 0.1) is 11.0 Å². The summed E-state index contributed by atoms with van der Waals surface area (Å²) < 4.78 is 4.01. The summed E-state index contributed by atoms with van der Waals surface area (Å²) in [4.78, 5) is 41.0. The van der Waals surface area contributed by atoms with Crippen LogP contribution < -0.4 is 16.4 Å². The minimum atomic E-state index is -0.479. The van der Waals surface area contributed by atoms with Crippen molar-refractivity contribution in [3.63, 3.8) is 0 Å². The Balaban J connectivity index is 1.82. The fraction of sp³-hybridized carbons (Fsp3) is 0.222. The molecule has 9 heteroatoms. The molecule has 0 saturated heterocycles. The van der Waals surface area contributed by atoms with E-state index in [4.69, 9.17) is 0 Å². The molecule has 2 amide bonds. The molecule has 3 rings (SSSR count). The number of aromatic nitrogens is 3. The van der Waals surface area contributed by atoms with Gasteiger partial charge in [0, 0.05) is 29.8 Å². The molecular weight excluding hydrogens is 414 g/mol. The van der Waals surface area contributed by atoms with E-state index in [1.54, 1.807) is 53.6 Å². The molecule has 2 N–H and O–H groups in total. The number of hydrogen-bond acceptors (Lipinski definition) is 4. The quantitative estimate of drug-likeness (QED) is 0.618. The zero-order chi connectivity index (χ0) is 19.7. The summed E-state index contributed by atoms with van der Waals surface area (Å²) in [6.45, 7) is 4.02. The number of halogens is 1. The third-order valence-electron chi connectivity index (χ3n) is 4.18. The van der Waals surface area contributed by atoms with Crippen LogP contribution in [-0.2, 0) is 13.6 Å². The number of benzene rings is 1. The highest BCUT2D eigenvalue weighted by Gasteiger charge is 2.14. The van der Waals surface area contributed by atoms with E-state index in [1.807, 2.05) is 6.92 Å². The molecule has 0 aliphatic carbocycles. The van der Waals surface area contributed by atoms with Crippen LogP contribution in [0.5, 0.6) is 0 Å². The van der Waals surface area contributed by atoms with Crippen molar-refractivity contribution in [3.05, 3.63) is 62.2 Å². The molecule has 8 nitrogen and oxygen atoms in total. The van der Waals surface area contributed by atoms with Crippen molar-refractivity contribution in [3.8, 4) is 0 Å². The van der Waals surface area contributed by atoms with Gasteiger partial charge in [-0.05, 0) is 54.0 Å². The Kier molecular flexibility index (Phi) is 5.13. The molecule has 0 fully saturated rings. The lowest BCUT2D eigenvalue weighted by atomic mass is 10.1. The average molecular weight is 432 g/mol. The van der Waals surface area contributed by atoms with Crippen molar-refractivity contribution in [1.29, 1.82) is 0 Å². The number of carbonyl (C=O) groups is 2. The molecule has 0 aliphatic rings. The zero-order valence-corrected chi connectivity index (χ0v) is 16.6. The minimum Gasteiger partial charge on any atom is -0.345 e. The highest BCUT2D eigenvalue weighted by Crippen LogP contribution is 2.14. The summed E-state index contributed by atoms with van der Waals surface area (Å²) in [6.07, 6.45) is 1.74. The Labute approximate surface area is 163 Å². The molecule has 1 aromatic carbocycles. The SMILES string of the molecule is CCn1c(=O)c(C)nc2cc(C(=O)NNC(=O)c3cc(Br)cn3C)ccc21. The normalized spacial score (nSPS) is 10.8. The summed E-state index contributed by atoms with van der Waals surface area (Å²) in [5, 5.41) is 0. The smallest absolute Gasteiger partial charge is 0.286 e. The predicted molar refractivity (Wildman–Crippen MR) is 104 cm³/mol. The lowest BCUT2D eigenvalue weighted by Crippen LogP contribution is -2.42. The third kappa shape index (κ3) is 3.63. The van der Waals surface area contributed by atoms with Crippen molar-refractivity contribution >= 4 is 38.8 Å². The maximum Gasteiger partial charge on any atom is 0.286 e. The average Bonchev–Trinajstić information content (AvgIpc) is 2.98. The van der Waals surface area contributed by atoms with Crippen LogP contribution >= 0.6 is 15.9 Å². The van der Waals surface area contributed by atoms with Gasteiger partial charge >= 0.3 is 0 Å². The van der Waals surface area contributed by atoms with Gasteiger partial charge in [-0.1, -0.05) is 0 Å². The topological polar surface area (TPSA) is 98.0 Å². The molecular formula is C18H18BrN5O3. The Hall–Kier alpha value is -2.94. The first kappa shape index (κ1) is 18.8. The molecule has 0 unspecified atom stereocenters. The van der Waals surface area contributed by atoms with E-state index < -0.39 is 11.8 Å². The van der Waals surface area contributed by atoms with Crippen molar-refractivity contribution < 1.29 is 9.59 Å². The first-order valence-electron chi connectivity index (χ1n) is 8.25. The van der Waals surface area contributed by atoms with Crippen LogP contribution in [0.15, 0.2) is 39.7 Å². The van der Waals surface area contributed by atoms with Gasteiger partial charge in [-0.2, -0.15) is 0 Å². The summed E-state index contributed by atoms with van der Waals surface area (Å²) in [7, 11) is 1.73. The van der Waals surface area contributed by atoms with Crippen LogP contribution in [0.3, 0.4) is 0 Å². The van der Waals surface area contributed by atoms with Crippen molar-refractivity contribution in [2.45, 2.75) is 20.4 Å². The van der Waals surface area contributed by atoms with Gasteiger partial charge in [0.2, 0.25) is 0 Å². The van der Waals surface area contributed by atoms with E-state index in [1.165, 1.54) is 0 Å². The lowest BCUT2D eigenvalue weighted by molar-refractivity contribution is 0.0842. The van der Waals surface area contributed by atoms with Gasteiger partial charge in [-0.3, -0.25) is 25.2 Å². The number of nitrogens with zero attached hydrogens (tertiary/aromatic N) is 3. The van der Waals surface area contributed by atoms with Crippen LogP contribution in [0.1, 0.15) is 33.5 Å². The number of hydrogen-bond donors (Lipinski definition) is 2. The van der Waals surface area contributed by atoms with Gasteiger partial charge in [-0.15, -0.1) is 0 Å². The van der Waals surface area contributed by atoms with E-state index in [0.29, 0.717) is 34.5 Å². The molecule has 0 bridgehead atoms. The monoisotopic (exact) mass is 431 g/mol. The van der Waals surface area contributed by atoms with Crippen molar-refractivity contribution in [2.24, 2.45) is 7.05 Å². The van der Waals surface area contributed by atoms with Gasteiger partial charge < -0.3 is 9.13 Å². The largest absolute Gasteiger partial charge is 0.345 e. The van der Waals surface area contributed by atoms with E-state index >= 15 is 0 Å². The van der Waals surface area contributed by atoms with Crippen molar-refractivity contribution in [2.75, 3.05) is 0 Å². The molecule has 3 aromatic rings. The van der Waals surface area contributed by atoms with E-state index in [9.17, 15) is 14.4 Å². The van der Waals surface area contributed by atoms with Crippen LogP contribution in [-0.4, -0.2) is 25.9 Å². The Morgan fingerprint density at radius 3 is 2.52 bits per heavy atom. The van der Waals surface area contributed by atoms with E-state index in [2.05, 4.69) is 31.8 Å². The zero-order valence-electron chi connectivity index (χ0n) is 15.0. The molecule has 0 saturated carbocycles. The number of amides is 2. The van der Waals surface area contributed by atoms with Gasteiger partial charge in [0.15, 0.2) is 0 Å². The number of rotatable bonds is 3. The number of hydrazine groups is 1. The van der Waals surface area contributed by atoms with E-state index in [0.717, 1.165) is 4.47 Å². The summed E-state index contributed by atoms with van der Waals surface area (Å²) >= 11 is 3.29. The summed E-state index contributed by atoms with van der Waals surface area (Å²) in [6, 6.07) is 6.51. The Morgan fingerprint density at radius 1 is 1.19 bits per heavy atom. The Bertz CT molecular complexity index is 1120. The van der Waals surface area contributed by atoms with Crippen LogP contribution in [0.25, 0.3) is 11.0 Å². The molecule has 2 heterocycles. The van der Waals surface area contributed by atoms with Crippen molar-refractivity contribution in [1.82, 2.24) is 25.0 Å². The molecule has 0 radical (unpaired) electrons. The second-order valence-electron chi connectivity index (χ2n) is 6.01. The van der Waals surface area contributed by atoms with Gasteiger partial charge in [0.1, 0.15) is 11.4 Å². The molecule has 2 aromatic heterocycles. The number of fused-ring (bicyclic) bond motifs is 1. The molecule has 0 aliphatic heterocycles. The first-order chi connectivity index (χ1) is 12.8. The number of nitrogens with one attached hydrogen (secondary N) is 2. The first-order valence-corrected chi connectivity index (χ1v) is 9.05. The van der Waals surface area contributed by atoms with Gasteiger partial charge in [-0.25, -0.2) is 4.98 Å². The molecule has 140 valence electrons. The van der Waals surface area contributed by atoms with Crippen LogP contribution in [0.2, 0.25) is 0 Å². The summed E-state index contributed by atoms with van der Waals surface area (Å²) in [5.41, 5.74) is 6.90. The maximum absolute atomic E-state index is 12.4. The minimum absolute atomic E-state index is 0.150. The third-order valence-corrected chi connectivity index (χ3v) is 4.61. The predicted octanol–water partition coefficient (Wildman–Crippen LogP) is 1.90. The number of aryl methyl sites for hydroxylation is 3. The van der Waals surface area contributed by atoms with Crippen LogP contribution in [0, 0.1) is 6.92 Å². The van der Waals surface area contributed by atoms with Gasteiger partial charge in [0.25, 0.3) is 17.4 Å². The number of carbonyl (C=O) groups excluding carboxylic acids is 2. The molecule has 27 heavy (non-hydrogen) atoms. The summed E-state index contributed by atoms with van der Waals surface area (Å²) in [5.74, 6) is -0.918. The second-order valence-corrected chi connectivity index (χ2v) is 6.93. The second kappa shape index (κ2) is 7.36. The van der Waals surface area contributed by atoms with Crippen LogP contribution in [0.4, 0.5) is 0 Å². The Morgan fingerprint density at radius 2 is 1.89 bits per heavy atom. The van der Waals surface area contributed by atoms with E-state index in [-0.39, 0.29) is 5.56 Å². The lowest BCUT2D eigenvalue weighted by Gasteiger charge is -2.11. The fourth-order valence-corrected chi connectivity index (χ4v) is 3.35. The maximum atomic E-state index is 12.4. The highest BCUT2D eigenvalue weighted by molar-refractivity contribution is 9.10.